The average molecular weight is 390 g/mol. The van der Waals surface area contributed by atoms with Crippen LogP contribution in [-0.4, -0.2) is 34.7 Å². The Hall–Kier alpha value is -2.39. The SMILES string of the molecule is CCN(C(C)=O)c1nc(CSc2nnc(-c3ccccc3OC)o2)cs1. The van der Waals surface area contributed by atoms with Crippen LogP contribution in [0.25, 0.3) is 11.5 Å². The van der Waals surface area contributed by atoms with Crippen molar-refractivity contribution >= 4 is 34.1 Å². The minimum absolute atomic E-state index is 0.0144. The molecular formula is C17H18N4O3S2. The first-order chi connectivity index (χ1) is 12.6. The van der Waals surface area contributed by atoms with Crippen molar-refractivity contribution in [1.29, 1.82) is 0 Å². The molecule has 0 saturated carbocycles. The van der Waals surface area contributed by atoms with Crippen molar-refractivity contribution in [3.05, 3.63) is 35.3 Å². The molecule has 2 heterocycles. The van der Waals surface area contributed by atoms with E-state index in [2.05, 4.69) is 15.2 Å². The van der Waals surface area contributed by atoms with Gasteiger partial charge in [-0.25, -0.2) is 4.98 Å². The molecule has 0 saturated heterocycles. The summed E-state index contributed by atoms with van der Waals surface area (Å²) in [5, 5.41) is 11.3. The number of thiazole rings is 1. The first-order valence-corrected chi connectivity index (χ1v) is 9.81. The van der Waals surface area contributed by atoms with Crippen molar-refractivity contribution in [3.8, 4) is 17.2 Å². The predicted octanol–water partition coefficient (Wildman–Crippen LogP) is 3.87. The van der Waals surface area contributed by atoms with Gasteiger partial charge < -0.3 is 9.15 Å². The maximum absolute atomic E-state index is 11.6. The van der Waals surface area contributed by atoms with E-state index < -0.39 is 0 Å². The van der Waals surface area contributed by atoms with Crippen LogP contribution in [0.4, 0.5) is 5.13 Å². The number of carbonyl (C=O) groups is 1. The lowest BCUT2D eigenvalue weighted by Crippen LogP contribution is -2.27. The minimum Gasteiger partial charge on any atom is -0.496 e. The Morgan fingerprint density at radius 1 is 1.35 bits per heavy atom. The molecule has 0 unspecified atom stereocenters. The molecule has 0 fully saturated rings. The molecular weight excluding hydrogens is 372 g/mol. The fourth-order valence-corrected chi connectivity index (χ4v) is 4.01. The fraction of sp³-hybridized carbons (Fsp3) is 0.294. The van der Waals surface area contributed by atoms with Gasteiger partial charge in [0.25, 0.3) is 11.1 Å². The third-order valence-electron chi connectivity index (χ3n) is 3.55. The van der Waals surface area contributed by atoms with E-state index in [9.17, 15) is 4.79 Å². The number of carbonyl (C=O) groups excluding carboxylic acids is 1. The van der Waals surface area contributed by atoms with E-state index in [0.717, 1.165) is 11.3 Å². The van der Waals surface area contributed by atoms with Gasteiger partial charge in [0.05, 0.1) is 18.4 Å². The molecule has 26 heavy (non-hydrogen) atoms. The number of nitrogens with zero attached hydrogens (tertiary/aromatic N) is 4. The summed E-state index contributed by atoms with van der Waals surface area (Å²) in [5.41, 5.74) is 1.62. The zero-order valence-corrected chi connectivity index (χ0v) is 16.3. The molecule has 0 radical (unpaired) electrons. The molecule has 2 aromatic heterocycles. The van der Waals surface area contributed by atoms with E-state index in [0.29, 0.717) is 34.3 Å². The maximum atomic E-state index is 11.6. The van der Waals surface area contributed by atoms with Crippen LogP contribution in [0.5, 0.6) is 5.75 Å². The highest BCUT2D eigenvalue weighted by Crippen LogP contribution is 2.31. The van der Waals surface area contributed by atoms with Gasteiger partial charge in [-0.3, -0.25) is 9.69 Å². The summed E-state index contributed by atoms with van der Waals surface area (Å²) in [6.07, 6.45) is 0. The number of hydrogen-bond acceptors (Lipinski definition) is 8. The summed E-state index contributed by atoms with van der Waals surface area (Å²) in [4.78, 5) is 17.7. The lowest BCUT2D eigenvalue weighted by atomic mass is 10.2. The quantitative estimate of drug-likeness (QED) is 0.567. The van der Waals surface area contributed by atoms with E-state index in [1.54, 1.807) is 12.0 Å². The van der Waals surface area contributed by atoms with Gasteiger partial charge in [0.2, 0.25) is 5.91 Å². The second kappa shape index (κ2) is 8.33. The summed E-state index contributed by atoms with van der Waals surface area (Å²) < 4.78 is 11.0. The van der Waals surface area contributed by atoms with Gasteiger partial charge in [-0.15, -0.1) is 21.5 Å². The van der Waals surface area contributed by atoms with E-state index in [4.69, 9.17) is 9.15 Å². The molecule has 0 spiro atoms. The Morgan fingerprint density at radius 3 is 2.88 bits per heavy atom. The highest BCUT2D eigenvalue weighted by atomic mass is 32.2. The van der Waals surface area contributed by atoms with E-state index in [-0.39, 0.29) is 5.91 Å². The van der Waals surface area contributed by atoms with Crippen LogP contribution in [-0.2, 0) is 10.5 Å². The maximum Gasteiger partial charge on any atom is 0.277 e. The summed E-state index contributed by atoms with van der Waals surface area (Å²) in [6.45, 7) is 4.06. The molecule has 3 aromatic rings. The highest BCUT2D eigenvalue weighted by molar-refractivity contribution is 7.98. The van der Waals surface area contributed by atoms with Crippen LogP contribution in [0.3, 0.4) is 0 Å². The first kappa shape index (κ1) is 18.4. The number of para-hydroxylation sites is 1. The monoisotopic (exact) mass is 390 g/mol. The number of methoxy groups -OCH3 is 1. The van der Waals surface area contributed by atoms with Crippen LogP contribution >= 0.6 is 23.1 Å². The van der Waals surface area contributed by atoms with Crippen LogP contribution < -0.4 is 9.64 Å². The molecule has 0 bridgehead atoms. The molecule has 136 valence electrons. The van der Waals surface area contributed by atoms with Gasteiger partial charge in [0.1, 0.15) is 5.75 Å². The van der Waals surface area contributed by atoms with Gasteiger partial charge in [0.15, 0.2) is 5.13 Å². The summed E-state index contributed by atoms with van der Waals surface area (Å²) >= 11 is 2.85. The van der Waals surface area contributed by atoms with Gasteiger partial charge >= 0.3 is 0 Å². The third-order valence-corrected chi connectivity index (χ3v) is 5.32. The Balaban J connectivity index is 1.67. The van der Waals surface area contributed by atoms with Gasteiger partial charge in [0, 0.05) is 24.6 Å². The molecule has 7 nitrogen and oxygen atoms in total. The third kappa shape index (κ3) is 4.05. The number of rotatable bonds is 7. The normalized spacial score (nSPS) is 10.7. The van der Waals surface area contributed by atoms with E-state index >= 15 is 0 Å². The fourth-order valence-electron chi connectivity index (χ4n) is 2.31. The van der Waals surface area contributed by atoms with Crippen LogP contribution in [0.1, 0.15) is 19.5 Å². The van der Waals surface area contributed by atoms with Crippen molar-refractivity contribution in [1.82, 2.24) is 15.2 Å². The molecule has 1 amide bonds. The number of thioether (sulfide) groups is 1. The van der Waals surface area contributed by atoms with Gasteiger partial charge in [-0.1, -0.05) is 23.9 Å². The smallest absolute Gasteiger partial charge is 0.277 e. The molecule has 3 rings (SSSR count). The molecule has 0 N–H and O–H groups in total. The molecule has 0 atom stereocenters. The minimum atomic E-state index is -0.0144. The molecule has 0 aliphatic rings. The second-order valence-electron chi connectivity index (χ2n) is 5.25. The van der Waals surface area contributed by atoms with Gasteiger partial charge in [-0.2, -0.15) is 0 Å². The Kier molecular flexibility index (Phi) is 5.89. The van der Waals surface area contributed by atoms with Crippen molar-refractivity contribution < 1.29 is 13.9 Å². The van der Waals surface area contributed by atoms with Crippen molar-refractivity contribution in [2.45, 2.75) is 24.8 Å². The van der Waals surface area contributed by atoms with Gasteiger partial charge in [-0.05, 0) is 19.1 Å². The number of aromatic nitrogens is 3. The Morgan fingerprint density at radius 2 is 2.15 bits per heavy atom. The first-order valence-electron chi connectivity index (χ1n) is 7.94. The summed E-state index contributed by atoms with van der Waals surface area (Å²) in [5.74, 6) is 1.66. The Labute approximate surface area is 159 Å². The molecule has 9 heteroatoms. The van der Waals surface area contributed by atoms with Crippen LogP contribution in [0.15, 0.2) is 39.3 Å². The van der Waals surface area contributed by atoms with Crippen molar-refractivity contribution in [3.63, 3.8) is 0 Å². The van der Waals surface area contributed by atoms with Crippen LogP contribution in [0.2, 0.25) is 0 Å². The van der Waals surface area contributed by atoms with Crippen LogP contribution in [0, 0.1) is 0 Å². The van der Waals surface area contributed by atoms with Crippen molar-refractivity contribution in [2.75, 3.05) is 18.6 Å². The number of ether oxygens (including phenoxy) is 1. The topological polar surface area (TPSA) is 81.4 Å². The molecule has 1 aromatic carbocycles. The molecule has 0 aliphatic heterocycles. The number of anilines is 1. The second-order valence-corrected chi connectivity index (χ2v) is 7.01. The predicted molar refractivity (Wildman–Crippen MR) is 102 cm³/mol. The summed E-state index contributed by atoms with van der Waals surface area (Å²) in [7, 11) is 1.60. The van der Waals surface area contributed by atoms with E-state index in [1.807, 2.05) is 36.6 Å². The average Bonchev–Trinajstić information content (AvgIpc) is 3.30. The summed E-state index contributed by atoms with van der Waals surface area (Å²) in [6, 6.07) is 7.49. The largest absolute Gasteiger partial charge is 0.496 e. The lowest BCUT2D eigenvalue weighted by molar-refractivity contribution is -0.116. The molecule has 0 aliphatic carbocycles. The number of hydrogen-bond donors (Lipinski definition) is 0. The highest BCUT2D eigenvalue weighted by Gasteiger charge is 2.16. The zero-order valence-electron chi connectivity index (χ0n) is 14.6. The lowest BCUT2D eigenvalue weighted by Gasteiger charge is -2.14. The zero-order chi connectivity index (χ0) is 18.5. The standard InChI is InChI=1S/C17H18N4O3S2/c1-4-21(11(2)22)16-18-12(9-25-16)10-26-17-20-19-15(24-17)13-7-5-6-8-14(13)23-3/h5-9H,4,10H2,1-3H3. The Bertz CT molecular complexity index is 894. The van der Waals surface area contributed by atoms with Crippen molar-refractivity contribution in [2.24, 2.45) is 0 Å². The number of amides is 1. The number of benzene rings is 1. The van der Waals surface area contributed by atoms with E-state index in [1.165, 1.54) is 30.0 Å².